The minimum atomic E-state index is 0.0563. The second kappa shape index (κ2) is 10.5. The first-order chi connectivity index (χ1) is 17.5. The molecule has 11 nitrogen and oxygen atoms in total. The molecule has 2 fully saturated rings. The van der Waals surface area contributed by atoms with E-state index in [1.54, 1.807) is 32.4 Å². The van der Waals surface area contributed by atoms with Crippen LogP contribution in [-0.2, 0) is 0 Å². The van der Waals surface area contributed by atoms with E-state index in [9.17, 15) is 4.79 Å². The van der Waals surface area contributed by atoms with Gasteiger partial charge in [0.05, 0.1) is 12.8 Å². The smallest absolute Gasteiger partial charge is 0.319 e. The van der Waals surface area contributed by atoms with E-state index in [-0.39, 0.29) is 6.03 Å². The van der Waals surface area contributed by atoms with E-state index >= 15 is 0 Å². The summed E-state index contributed by atoms with van der Waals surface area (Å²) in [6.45, 7) is 2.93. The molecule has 1 aromatic carbocycles. The minimum Gasteiger partial charge on any atom is -0.494 e. The number of ether oxygens (including phenoxy) is 1. The maximum atomic E-state index is 12.2. The molecule has 1 saturated heterocycles. The number of piperazine rings is 1. The molecule has 3 heterocycles. The lowest BCUT2D eigenvalue weighted by Gasteiger charge is -2.37. The van der Waals surface area contributed by atoms with Crippen molar-refractivity contribution in [2.75, 3.05) is 62.9 Å². The van der Waals surface area contributed by atoms with Gasteiger partial charge in [0.2, 0.25) is 5.52 Å². The van der Waals surface area contributed by atoms with Crippen molar-refractivity contribution in [2.45, 2.75) is 38.1 Å². The Balaban J connectivity index is 1.32. The van der Waals surface area contributed by atoms with Crippen molar-refractivity contribution in [1.82, 2.24) is 24.8 Å². The third kappa shape index (κ3) is 5.09. The standard InChI is InChI=1S/C25H35N9O2/c1-32(2)25(35)34-13-11-33(12-14-34)18-9-10-19(20(15-18)36-3)29-24-30-22-21(26-16-27-22)23(31-24)28-17-7-5-4-6-8-17/h9-10,15-17H,4-8,11-14H2,1-3H3,(H3,26,27,28,29,30,31)/p+1. The molecule has 11 heteroatoms. The van der Waals surface area contributed by atoms with Crippen LogP contribution in [-0.4, -0.2) is 84.2 Å². The van der Waals surface area contributed by atoms with E-state index in [1.165, 1.54) is 19.3 Å². The molecule has 1 aliphatic carbocycles. The molecule has 0 spiro atoms. The molecule has 2 amide bonds. The Hall–Kier alpha value is -3.76. The number of urea groups is 1. The largest absolute Gasteiger partial charge is 0.494 e. The van der Waals surface area contributed by atoms with E-state index in [4.69, 9.17) is 9.72 Å². The number of amides is 2. The third-order valence-electron chi connectivity index (χ3n) is 7.01. The van der Waals surface area contributed by atoms with Crippen LogP contribution < -0.4 is 25.3 Å². The zero-order chi connectivity index (χ0) is 25.1. The fourth-order valence-electron chi connectivity index (χ4n) is 5.02. The van der Waals surface area contributed by atoms with E-state index in [2.05, 4.69) is 36.6 Å². The molecule has 0 bridgehead atoms. The lowest BCUT2D eigenvalue weighted by atomic mass is 9.95. The molecular weight excluding hydrogens is 458 g/mol. The van der Waals surface area contributed by atoms with Crippen LogP contribution in [0.3, 0.4) is 0 Å². The summed E-state index contributed by atoms with van der Waals surface area (Å²) in [5.74, 6) is 2.01. The highest BCUT2D eigenvalue weighted by Gasteiger charge is 2.24. The van der Waals surface area contributed by atoms with Gasteiger partial charge in [-0.1, -0.05) is 24.2 Å². The van der Waals surface area contributed by atoms with Gasteiger partial charge in [0.15, 0.2) is 12.1 Å². The molecule has 4 N–H and O–H groups in total. The number of aromatic nitrogens is 4. The van der Waals surface area contributed by atoms with Crippen LogP contribution in [0.5, 0.6) is 5.75 Å². The summed E-state index contributed by atoms with van der Waals surface area (Å²) in [4.78, 5) is 33.9. The number of carbonyl (C=O) groups is 1. The van der Waals surface area contributed by atoms with Crippen LogP contribution in [0.4, 0.5) is 27.9 Å². The van der Waals surface area contributed by atoms with E-state index in [0.29, 0.717) is 30.8 Å². The van der Waals surface area contributed by atoms with E-state index in [0.717, 1.165) is 54.3 Å². The van der Waals surface area contributed by atoms with Gasteiger partial charge in [0.25, 0.3) is 0 Å². The number of nitrogens with zero attached hydrogens (tertiary/aromatic N) is 5. The highest BCUT2D eigenvalue weighted by molar-refractivity contribution is 5.82. The SMILES string of the molecule is COc1cc(N2CCN(C(=O)N(C)C)CC2)ccc1Nc1nc(NC2CCCCC2)c2[nH]c[nH+]c2n1. The summed E-state index contributed by atoms with van der Waals surface area (Å²) in [6.07, 6.45) is 7.89. The molecule has 1 aliphatic heterocycles. The van der Waals surface area contributed by atoms with Gasteiger partial charge in [-0.2, -0.15) is 4.98 Å². The molecule has 192 valence electrons. The normalized spacial score (nSPS) is 16.8. The summed E-state index contributed by atoms with van der Waals surface area (Å²) >= 11 is 0. The van der Waals surface area contributed by atoms with Crippen molar-refractivity contribution in [3.05, 3.63) is 24.5 Å². The second-order valence-electron chi connectivity index (χ2n) is 9.69. The number of carbonyl (C=O) groups excluding carboxylic acids is 1. The molecule has 5 rings (SSSR count). The first-order valence-corrected chi connectivity index (χ1v) is 12.7. The summed E-state index contributed by atoms with van der Waals surface area (Å²) < 4.78 is 5.72. The Morgan fingerprint density at radius 3 is 2.64 bits per heavy atom. The number of methoxy groups -OCH3 is 1. The number of anilines is 4. The second-order valence-corrected chi connectivity index (χ2v) is 9.69. The Morgan fingerprint density at radius 1 is 1.14 bits per heavy atom. The number of hydrogen-bond donors (Lipinski definition) is 3. The maximum absolute atomic E-state index is 12.2. The summed E-state index contributed by atoms with van der Waals surface area (Å²) in [6, 6.07) is 6.56. The van der Waals surface area contributed by atoms with Crippen LogP contribution in [0.2, 0.25) is 0 Å². The topological polar surface area (TPSA) is 116 Å². The molecule has 3 aromatic rings. The van der Waals surface area contributed by atoms with Crippen molar-refractivity contribution in [3.63, 3.8) is 0 Å². The lowest BCUT2D eigenvalue weighted by Crippen LogP contribution is -2.51. The molecular formula is C25H36N9O2+. The summed E-state index contributed by atoms with van der Waals surface area (Å²) in [5, 5.41) is 6.97. The van der Waals surface area contributed by atoms with Gasteiger partial charge in [-0.15, -0.1) is 0 Å². The average Bonchev–Trinajstić information content (AvgIpc) is 3.38. The Bertz CT molecular complexity index is 1200. The minimum absolute atomic E-state index is 0.0563. The van der Waals surface area contributed by atoms with E-state index in [1.807, 2.05) is 17.0 Å². The first kappa shape index (κ1) is 24.0. The zero-order valence-electron chi connectivity index (χ0n) is 21.3. The van der Waals surface area contributed by atoms with Gasteiger partial charge < -0.3 is 30.1 Å². The number of rotatable bonds is 6. The maximum Gasteiger partial charge on any atom is 0.319 e. The highest BCUT2D eigenvalue weighted by Crippen LogP contribution is 2.33. The van der Waals surface area contributed by atoms with Crippen molar-refractivity contribution in [2.24, 2.45) is 0 Å². The predicted octanol–water partition coefficient (Wildman–Crippen LogP) is 3.07. The van der Waals surface area contributed by atoms with Gasteiger partial charge in [-0.3, -0.25) is 4.98 Å². The molecule has 0 unspecified atom stereocenters. The van der Waals surface area contributed by atoms with Crippen LogP contribution >= 0.6 is 0 Å². The number of imidazole rings is 1. The Morgan fingerprint density at radius 2 is 1.92 bits per heavy atom. The molecule has 36 heavy (non-hydrogen) atoms. The molecule has 0 atom stereocenters. The number of H-pyrrole nitrogens is 2. The quantitative estimate of drug-likeness (QED) is 0.482. The highest BCUT2D eigenvalue weighted by atomic mass is 16.5. The van der Waals surface area contributed by atoms with Gasteiger partial charge in [0.1, 0.15) is 5.75 Å². The monoisotopic (exact) mass is 494 g/mol. The number of fused-ring (bicyclic) bond motifs is 1. The number of nitrogens with one attached hydrogen (secondary N) is 4. The third-order valence-corrected chi connectivity index (χ3v) is 7.01. The first-order valence-electron chi connectivity index (χ1n) is 12.7. The van der Waals surface area contributed by atoms with Crippen molar-refractivity contribution in [3.8, 4) is 5.75 Å². The van der Waals surface area contributed by atoms with Crippen LogP contribution in [0.1, 0.15) is 32.1 Å². The van der Waals surface area contributed by atoms with Crippen LogP contribution in [0.15, 0.2) is 24.5 Å². The Kier molecular flexibility index (Phi) is 6.97. The average molecular weight is 495 g/mol. The fraction of sp³-hybridized carbons (Fsp3) is 0.520. The molecule has 2 aliphatic rings. The van der Waals surface area contributed by atoms with Crippen molar-refractivity contribution >= 4 is 40.3 Å². The van der Waals surface area contributed by atoms with Gasteiger partial charge in [-0.05, 0) is 25.0 Å². The van der Waals surface area contributed by atoms with Crippen LogP contribution in [0, 0.1) is 0 Å². The van der Waals surface area contributed by atoms with Gasteiger partial charge in [-0.25, -0.2) is 9.78 Å². The lowest BCUT2D eigenvalue weighted by molar-refractivity contribution is -0.347. The molecule has 2 aromatic heterocycles. The van der Waals surface area contributed by atoms with Crippen molar-refractivity contribution in [1.29, 1.82) is 0 Å². The van der Waals surface area contributed by atoms with E-state index < -0.39 is 0 Å². The number of aromatic amines is 2. The number of benzene rings is 1. The van der Waals surface area contributed by atoms with Crippen LogP contribution in [0.25, 0.3) is 11.2 Å². The molecule has 1 saturated carbocycles. The van der Waals surface area contributed by atoms with Gasteiger partial charge in [0, 0.05) is 58.1 Å². The summed E-state index contributed by atoms with van der Waals surface area (Å²) in [5.41, 5.74) is 3.47. The predicted molar refractivity (Wildman–Crippen MR) is 140 cm³/mol. The Labute approximate surface area is 211 Å². The zero-order valence-corrected chi connectivity index (χ0v) is 21.3. The van der Waals surface area contributed by atoms with Crippen molar-refractivity contribution < 1.29 is 14.5 Å². The summed E-state index contributed by atoms with van der Waals surface area (Å²) in [7, 11) is 5.24. The van der Waals surface area contributed by atoms with Gasteiger partial charge >= 0.3 is 17.6 Å². The number of hydrogen-bond acceptors (Lipinski definition) is 7. The fourth-order valence-corrected chi connectivity index (χ4v) is 5.02. The molecule has 0 radical (unpaired) electrons.